The van der Waals surface area contributed by atoms with Crippen molar-refractivity contribution in [3.8, 4) is 5.75 Å². The molecule has 8 nitrogen and oxygen atoms in total. The molecule has 0 spiro atoms. The van der Waals surface area contributed by atoms with Gasteiger partial charge in [0.05, 0.1) is 17.7 Å². The van der Waals surface area contributed by atoms with E-state index >= 15 is 0 Å². The third-order valence-corrected chi connectivity index (χ3v) is 9.07. The van der Waals surface area contributed by atoms with E-state index in [9.17, 15) is 22.4 Å². The predicted octanol–water partition coefficient (Wildman–Crippen LogP) is 5.50. The Morgan fingerprint density at radius 1 is 0.889 bits per heavy atom. The summed E-state index contributed by atoms with van der Waals surface area (Å²) in [5.74, 6) is -1.17. The lowest BCUT2D eigenvalue weighted by Crippen LogP contribution is -2.53. The van der Waals surface area contributed by atoms with Crippen molar-refractivity contribution >= 4 is 27.5 Å². The summed E-state index contributed by atoms with van der Waals surface area (Å²) in [6.45, 7) is 3.46. The van der Waals surface area contributed by atoms with Gasteiger partial charge in [0.25, 0.3) is 10.0 Å². The highest BCUT2D eigenvalue weighted by Gasteiger charge is 2.35. The highest BCUT2D eigenvalue weighted by atomic mass is 32.2. The van der Waals surface area contributed by atoms with Crippen LogP contribution in [0.15, 0.2) is 108 Å². The summed E-state index contributed by atoms with van der Waals surface area (Å²) in [5.41, 5.74) is 2.35. The Bertz CT molecular complexity index is 1680. The van der Waals surface area contributed by atoms with Gasteiger partial charge in [-0.2, -0.15) is 0 Å². The third-order valence-electron chi connectivity index (χ3n) is 7.30. The van der Waals surface area contributed by atoms with Crippen LogP contribution >= 0.6 is 0 Å². The minimum atomic E-state index is -4.27. The van der Waals surface area contributed by atoms with Crippen molar-refractivity contribution in [1.29, 1.82) is 0 Å². The maximum Gasteiger partial charge on any atom is 0.264 e. The molecule has 0 fully saturated rings. The molecule has 0 aromatic heterocycles. The Hall–Kier alpha value is -4.70. The summed E-state index contributed by atoms with van der Waals surface area (Å²) in [5, 5.41) is 2.91. The quantitative estimate of drug-likeness (QED) is 0.198. The number of nitrogens with zero attached hydrogens (tertiary/aromatic N) is 2. The van der Waals surface area contributed by atoms with Gasteiger partial charge in [0.1, 0.15) is 24.2 Å². The second-order valence-electron chi connectivity index (χ2n) is 10.6. The molecule has 1 unspecified atom stereocenters. The number of amides is 2. The number of aryl methyl sites for hydroxylation is 1. The Labute approximate surface area is 264 Å². The molecular weight excluding hydrogens is 593 g/mol. The summed E-state index contributed by atoms with van der Waals surface area (Å²) in [4.78, 5) is 29.6. The first-order valence-corrected chi connectivity index (χ1v) is 16.2. The average molecular weight is 632 g/mol. The fraction of sp³-hybridized carbons (Fsp3) is 0.257. The van der Waals surface area contributed by atoms with Crippen LogP contribution in [0.3, 0.4) is 0 Å². The smallest absolute Gasteiger partial charge is 0.264 e. The second-order valence-corrected chi connectivity index (χ2v) is 12.5. The lowest BCUT2D eigenvalue weighted by Gasteiger charge is -2.34. The van der Waals surface area contributed by atoms with E-state index in [2.05, 4.69) is 5.32 Å². The van der Waals surface area contributed by atoms with Gasteiger partial charge in [-0.1, -0.05) is 73.7 Å². The molecule has 236 valence electrons. The van der Waals surface area contributed by atoms with Crippen LogP contribution in [-0.4, -0.2) is 51.4 Å². The van der Waals surface area contributed by atoms with E-state index in [1.807, 2.05) is 44.2 Å². The lowest BCUT2D eigenvalue weighted by molar-refractivity contribution is -0.140. The van der Waals surface area contributed by atoms with Gasteiger partial charge in [-0.25, -0.2) is 12.8 Å². The number of ether oxygens (including phenoxy) is 1. The predicted molar refractivity (Wildman–Crippen MR) is 173 cm³/mol. The van der Waals surface area contributed by atoms with Crippen molar-refractivity contribution in [2.75, 3.05) is 24.5 Å². The van der Waals surface area contributed by atoms with Crippen molar-refractivity contribution in [2.45, 2.75) is 44.2 Å². The summed E-state index contributed by atoms with van der Waals surface area (Å²) in [6.07, 6.45) is 0.870. The number of anilines is 1. The van der Waals surface area contributed by atoms with E-state index in [1.165, 1.54) is 36.3 Å². The molecule has 4 aromatic carbocycles. The minimum absolute atomic E-state index is 0.00651. The maximum absolute atomic E-state index is 14.5. The molecular formula is C35H38FN3O5S. The second kappa shape index (κ2) is 15.3. The fourth-order valence-corrected chi connectivity index (χ4v) is 6.37. The van der Waals surface area contributed by atoms with E-state index in [-0.39, 0.29) is 35.2 Å². The van der Waals surface area contributed by atoms with E-state index in [1.54, 1.807) is 48.5 Å². The summed E-state index contributed by atoms with van der Waals surface area (Å²) >= 11 is 0. The third kappa shape index (κ3) is 8.48. The zero-order chi connectivity index (χ0) is 32.4. The number of carbonyl (C=O) groups excluding carboxylic acids is 2. The van der Waals surface area contributed by atoms with Crippen LogP contribution in [0.5, 0.6) is 5.75 Å². The van der Waals surface area contributed by atoms with Crippen molar-refractivity contribution in [3.05, 3.63) is 126 Å². The van der Waals surface area contributed by atoms with E-state index < -0.39 is 34.3 Å². The highest BCUT2D eigenvalue weighted by Crippen LogP contribution is 2.34. The number of rotatable bonds is 14. The van der Waals surface area contributed by atoms with Crippen LogP contribution in [0, 0.1) is 12.7 Å². The number of sulfonamides is 1. The Morgan fingerprint density at radius 2 is 1.53 bits per heavy atom. The van der Waals surface area contributed by atoms with E-state index in [4.69, 9.17) is 4.74 Å². The van der Waals surface area contributed by atoms with Gasteiger partial charge in [0.15, 0.2) is 0 Å². The zero-order valence-electron chi connectivity index (χ0n) is 25.6. The van der Waals surface area contributed by atoms with Gasteiger partial charge in [-0.3, -0.25) is 13.9 Å². The molecule has 2 amide bonds. The Morgan fingerprint density at radius 3 is 2.16 bits per heavy atom. The van der Waals surface area contributed by atoms with Crippen LogP contribution in [0.4, 0.5) is 10.1 Å². The SMILES string of the molecule is CCCNC(=O)C(Cc1ccccc1)N(Cc1ccc(F)cc1)C(=O)CN(c1cc(C)ccc1OC)S(=O)(=O)c1ccccc1. The minimum Gasteiger partial charge on any atom is -0.495 e. The molecule has 4 rings (SSSR count). The highest BCUT2D eigenvalue weighted by molar-refractivity contribution is 7.92. The number of hydrogen-bond donors (Lipinski definition) is 1. The Kier molecular flexibility index (Phi) is 11.3. The number of benzene rings is 4. The molecule has 1 atom stereocenters. The van der Waals surface area contributed by atoms with Gasteiger partial charge in [-0.05, 0) is 66.4 Å². The number of carbonyl (C=O) groups is 2. The molecule has 4 aromatic rings. The number of nitrogens with one attached hydrogen (secondary N) is 1. The number of hydrogen-bond acceptors (Lipinski definition) is 5. The van der Waals surface area contributed by atoms with Gasteiger partial charge in [0, 0.05) is 19.5 Å². The van der Waals surface area contributed by atoms with Crippen molar-refractivity contribution in [1.82, 2.24) is 10.2 Å². The van der Waals surface area contributed by atoms with Crippen LogP contribution in [-0.2, 0) is 32.6 Å². The van der Waals surface area contributed by atoms with Crippen LogP contribution in [0.1, 0.15) is 30.0 Å². The molecule has 10 heteroatoms. The van der Waals surface area contributed by atoms with Crippen molar-refractivity contribution < 1.29 is 27.1 Å². The first kappa shape index (κ1) is 33.2. The summed E-state index contributed by atoms with van der Waals surface area (Å²) in [6, 6.07) is 26.9. The van der Waals surface area contributed by atoms with E-state index in [0.29, 0.717) is 18.5 Å². The molecule has 0 radical (unpaired) electrons. The first-order valence-electron chi connectivity index (χ1n) is 14.7. The van der Waals surface area contributed by atoms with Gasteiger partial charge in [0.2, 0.25) is 11.8 Å². The molecule has 0 saturated heterocycles. The molecule has 0 aliphatic carbocycles. The van der Waals surface area contributed by atoms with Gasteiger partial charge >= 0.3 is 0 Å². The average Bonchev–Trinajstić information content (AvgIpc) is 3.05. The largest absolute Gasteiger partial charge is 0.495 e. The summed E-state index contributed by atoms with van der Waals surface area (Å²) < 4.78 is 48.7. The fourth-order valence-electron chi connectivity index (χ4n) is 4.93. The maximum atomic E-state index is 14.5. The first-order chi connectivity index (χ1) is 21.6. The van der Waals surface area contributed by atoms with Crippen molar-refractivity contribution in [2.24, 2.45) is 0 Å². The molecule has 0 heterocycles. The number of methoxy groups -OCH3 is 1. The molecule has 1 N–H and O–H groups in total. The molecule has 0 saturated carbocycles. The van der Waals surface area contributed by atoms with Crippen LogP contribution in [0.25, 0.3) is 0 Å². The van der Waals surface area contributed by atoms with Gasteiger partial charge < -0.3 is 15.0 Å². The molecule has 0 bridgehead atoms. The standard InChI is InChI=1S/C35H38FN3O5S/c1-4-21-37-35(41)32(23-27-11-7-5-8-12-27)38(24-28-16-18-29(36)19-17-28)34(40)25-39(31-22-26(2)15-20-33(31)44-3)45(42,43)30-13-9-6-10-14-30/h5-20,22,32H,4,21,23-25H2,1-3H3,(H,37,41). The topological polar surface area (TPSA) is 96.0 Å². The van der Waals surface area contributed by atoms with Crippen LogP contribution < -0.4 is 14.4 Å². The molecule has 45 heavy (non-hydrogen) atoms. The molecule has 0 aliphatic rings. The lowest BCUT2D eigenvalue weighted by atomic mass is 10.0. The number of halogens is 1. The van der Waals surface area contributed by atoms with E-state index in [0.717, 1.165) is 15.4 Å². The van der Waals surface area contributed by atoms with Crippen molar-refractivity contribution in [3.63, 3.8) is 0 Å². The summed E-state index contributed by atoms with van der Waals surface area (Å²) in [7, 11) is -2.85. The Balaban J connectivity index is 1.83. The monoisotopic (exact) mass is 631 g/mol. The zero-order valence-corrected chi connectivity index (χ0v) is 26.5. The van der Waals surface area contributed by atoms with Crippen LogP contribution in [0.2, 0.25) is 0 Å². The normalized spacial score (nSPS) is 11.8. The van der Waals surface area contributed by atoms with Gasteiger partial charge in [-0.15, -0.1) is 0 Å². The molecule has 0 aliphatic heterocycles.